The summed E-state index contributed by atoms with van der Waals surface area (Å²) in [7, 11) is 0. The third-order valence-corrected chi connectivity index (χ3v) is 11.3. The molecule has 4 heteroatoms. The van der Waals surface area contributed by atoms with Crippen molar-refractivity contribution in [3.63, 3.8) is 0 Å². The number of carbonyl (C=O) groups excluding carboxylic acids is 1. The average molecular weight is 775 g/mol. The number of hydrogen-bond donors (Lipinski definition) is 1. The van der Waals surface area contributed by atoms with Gasteiger partial charge in [0.1, 0.15) is 6.10 Å². The van der Waals surface area contributed by atoms with Crippen LogP contribution in [-0.4, -0.2) is 37.0 Å². The van der Waals surface area contributed by atoms with Gasteiger partial charge in [-0.15, -0.1) is 0 Å². The Hall–Kier alpha value is -1.13. The molecule has 0 aromatic heterocycles. The SMILES string of the molecule is CCCCCCC/C=C\C/C=C\CCCCCCCCCCCCCCOCC(CO)OC(=O)CCCCCCCCCCCCCCCCCCCCC. The van der Waals surface area contributed by atoms with Gasteiger partial charge in [0.05, 0.1) is 13.2 Å². The lowest BCUT2D eigenvalue weighted by molar-refractivity contribution is -0.154. The molecule has 1 atom stereocenters. The lowest BCUT2D eigenvalue weighted by Gasteiger charge is -2.16. The predicted octanol–water partition coefficient (Wildman–Crippen LogP) is 16.7. The Morgan fingerprint density at radius 1 is 0.436 bits per heavy atom. The molecule has 0 heterocycles. The van der Waals surface area contributed by atoms with Crippen LogP contribution < -0.4 is 0 Å². The first kappa shape index (κ1) is 53.9. The molecule has 1 unspecified atom stereocenters. The van der Waals surface area contributed by atoms with Gasteiger partial charge >= 0.3 is 5.97 Å². The molecule has 0 amide bonds. The highest BCUT2D eigenvalue weighted by Crippen LogP contribution is 2.16. The van der Waals surface area contributed by atoms with Crippen LogP contribution in [0.2, 0.25) is 0 Å². The molecule has 4 nitrogen and oxygen atoms in total. The van der Waals surface area contributed by atoms with Gasteiger partial charge in [0, 0.05) is 13.0 Å². The molecule has 0 fully saturated rings. The zero-order valence-electron chi connectivity index (χ0n) is 37.5. The van der Waals surface area contributed by atoms with Crippen LogP contribution in [0.3, 0.4) is 0 Å². The van der Waals surface area contributed by atoms with Crippen LogP contribution in [0.1, 0.15) is 271 Å². The highest BCUT2D eigenvalue weighted by atomic mass is 16.6. The van der Waals surface area contributed by atoms with Crippen LogP contribution >= 0.6 is 0 Å². The molecule has 0 aromatic carbocycles. The van der Waals surface area contributed by atoms with E-state index in [0.29, 0.717) is 19.6 Å². The molecule has 0 rings (SSSR count). The molecule has 1 N–H and O–H groups in total. The summed E-state index contributed by atoms with van der Waals surface area (Å²) in [6, 6.07) is 0. The summed E-state index contributed by atoms with van der Waals surface area (Å²) in [6.07, 6.45) is 61.2. The molecule has 0 radical (unpaired) electrons. The van der Waals surface area contributed by atoms with E-state index in [1.807, 2.05) is 0 Å². The highest BCUT2D eigenvalue weighted by Gasteiger charge is 2.13. The van der Waals surface area contributed by atoms with Crippen molar-refractivity contribution in [3.8, 4) is 0 Å². The summed E-state index contributed by atoms with van der Waals surface area (Å²) >= 11 is 0. The largest absolute Gasteiger partial charge is 0.457 e. The van der Waals surface area contributed by atoms with E-state index in [4.69, 9.17) is 9.47 Å². The number of rotatable bonds is 47. The molecule has 55 heavy (non-hydrogen) atoms. The Morgan fingerprint density at radius 2 is 0.764 bits per heavy atom. The highest BCUT2D eigenvalue weighted by molar-refractivity contribution is 5.69. The van der Waals surface area contributed by atoms with Crippen molar-refractivity contribution in [1.82, 2.24) is 0 Å². The second kappa shape index (κ2) is 49.0. The molecule has 326 valence electrons. The maximum absolute atomic E-state index is 12.2. The van der Waals surface area contributed by atoms with Crippen LogP contribution in [-0.2, 0) is 14.3 Å². The maximum Gasteiger partial charge on any atom is 0.306 e. The average Bonchev–Trinajstić information content (AvgIpc) is 3.19. The van der Waals surface area contributed by atoms with Crippen molar-refractivity contribution in [1.29, 1.82) is 0 Å². The molecule has 0 saturated carbocycles. The number of aliphatic hydroxyl groups excluding tert-OH is 1. The van der Waals surface area contributed by atoms with Crippen LogP contribution in [0, 0.1) is 0 Å². The van der Waals surface area contributed by atoms with E-state index in [9.17, 15) is 9.90 Å². The third kappa shape index (κ3) is 47.1. The van der Waals surface area contributed by atoms with Gasteiger partial charge in [-0.1, -0.05) is 244 Å². The van der Waals surface area contributed by atoms with Crippen LogP contribution in [0.25, 0.3) is 0 Å². The molecule has 0 spiro atoms. The van der Waals surface area contributed by atoms with Gasteiger partial charge in [-0.2, -0.15) is 0 Å². The predicted molar refractivity (Wildman–Crippen MR) is 242 cm³/mol. The van der Waals surface area contributed by atoms with E-state index >= 15 is 0 Å². The van der Waals surface area contributed by atoms with Crippen molar-refractivity contribution in [2.75, 3.05) is 19.8 Å². The monoisotopic (exact) mass is 775 g/mol. The maximum atomic E-state index is 12.2. The first-order valence-corrected chi connectivity index (χ1v) is 24.9. The summed E-state index contributed by atoms with van der Waals surface area (Å²) in [5.74, 6) is -0.195. The van der Waals surface area contributed by atoms with Gasteiger partial charge in [-0.05, 0) is 44.9 Å². The van der Waals surface area contributed by atoms with Crippen molar-refractivity contribution in [2.24, 2.45) is 0 Å². The number of hydrogen-bond acceptors (Lipinski definition) is 4. The fourth-order valence-corrected chi connectivity index (χ4v) is 7.54. The fraction of sp³-hybridized carbons (Fsp3) is 0.902. The summed E-state index contributed by atoms with van der Waals surface area (Å²) in [5, 5.41) is 9.64. The lowest BCUT2D eigenvalue weighted by atomic mass is 10.0. The minimum atomic E-state index is -0.531. The van der Waals surface area contributed by atoms with E-state index in [1.54, 1.807) is 0 Å². The molecule has 0 bridgehead atoms. The normalized spacial score (nSPS) is 12.4. The summed E-state index contributed by atoms with van der Waals surface area (Å²) in [5.41, 5.74) is 0. The number of aliphatic hydroxyl groups is 1. The first-order chi connectivity index (χ1) is 27.2. The molecule has 0 saturated heterocycles. The lowest BCUT2D eigenvalue weighted by Crippen LogP contribution is -2.27. The van der Waals surface area contributed by atoms with Gasteiger partial charge < -0.3 is 14.6 Å². The molecular formula is C51H98O4. The van der Waals surface area contributed by atoms with Gasteiger partial charge in [-0.3, -0.25) is 4.79 Å². The number of carbonyl (C=O) groups is 1. The minimum absolute atomic E-state index is 0.167. The summed E-state index contributed by atoms with van der Waals surface area (Å²) in [6.45, 7) is 5.38. The van der Waals surface area contributed by atoms with E-state index in [1.165, 1.54) is 225 Å². The zero-order chi connectivity index (χ0) is 39.8. The first-order valence-electron chi connectivity index (χ1n) is 24.9. The summed E-state index contributed by atoms with van der Waals surface area (Å²) < 4.78 is 11.2. The Labute approximate surface area is 345 Å². The van der Waals surface area contributed by atoms with Gasteiger partial charge in [-0.25, -0.2) is 0 Å². The van der Waals surface area contributed by atoms with Crippen molar-refractivity contribution < 1.29 is 19.4 Å². The Kier molecular flexibility index (Phi) is 48.0. The Balaban J connectivity index is 3.37. The second-order valence-corrected chi connectivity index (χ2v) is 16.9. The van der Waals surface area contributed by atoms with Crippen LogP contribution in [0.4, 0.5) is 0 Å². The summed E-state index contributed by atoms with van der Waals surface area (Å²) in [4.78, 5) is 12.2. The van der Waals surface area contributed by atoms with Gasteiger partial charge in [0.15, 0.2) is 0 Å². The number of unbranched alkanes of at least 4 members (excludes halogenated alkanes) is 35. The molecule has 0 aliphatic rings. The molecule has 0 aliphatic heterocycles. The Morgan fingerprint density at radius 3 is 1.13 bits per heavy atom. The molecule has 0 aromatic rings. The van der Waals surface area contributed by atoms with E-state index in [2.05, 4.69) is 38.2 Å². The van der Waals surface area contributed by atoms with Gasteiger partial charge in [0.25, 0.3) is 0 Å². The minimum Gasteiger partial charge on any atom is -0.457 e. The van der Waals surface area contributed by atoms with Crippen LogP contribution in [0.15, 0.2) is 24.3 Å². The molecule has 0 aliphatic carbocycles. The van der Waals surface area contributed by atoms with Crippen LogP contribution in [0.5, 0.6) is 0 Å². The smallest absolute Gasteiger partial charge is 0.306 e. The molecular weight excluding hydrogens is 677 g/mol. The topological polar surface area (TPSA) is 55.8 Å². The van der Waals surface area contributed by atoms with Crippen molar-refractivity contribution in [2.45, 2.75) is 277 Å². The second-order valence-electron chi connectivity index (χ2n) is 16.9. The number of ether oxygens (including phenoxy) is 2. The van der Waals surface area contributed by atoms with Crippen molar-refractivity contribution >= 4 is 5.97 Å². The van der Waals surface area contributed by atoms with E-state index in [-0.39, 0.29) is 12.6 Å². The quantitative estimate of drug-likeness (QED) is 0.0380. The zero-order valence-corrected chi connectivity index (χ0v) is 37.5. The fourth-order valence-electron chi connectivity index (χ4n) is 7.54. The van der Waals surface area contributed by atoms with Gasteiger partial charge in [0.2, 0.25) is 0 Å². The van der Waals surface area contributed by atoms with E-state index in [0.717, 1.165) is 25.7 Å². The third-order valence-electron chi connectivity index (χ3n) is 11.3. The number of allylic oxidation sites excluding steroid dienone is 4. The standard InChI is InChI=1S/C51H98O4/c1-3-5-7-9-11-13-15-17-19-21-23-24-25-26-27-29-31-33-35-37-39-41-43-45-47-54-49-50(48-52)55-51(53)46-44-42-40-38-36-34-32-30-28-22-20-18-16-14-12-10-8-6-4-2/h15,17,21,23,50,52H,3-14,16,18-20,22,24-49H2,1-2H3/b17-15-,23-21-. The van der Waals surface area contributed by atoms with E-state index < -0.39 is 6.10 Å². The van der Waals surface area contributed by atoms with Crippen molar-refractivity contribution in [3.05, 3.63) is 24.3 Å². The number of esters is 1. The Bertz CT molecular complexity index is 777.